The van der Waals surface area contributed by atoms with E-state index < -0.39 is 0 Å². The van der Waals surface area contributed by atoms with E-state index >= 15 is 0 Å². The molecule has 0 spiro atoms. The molecule has 2 aliphatic carbocycles. The number of nitrogens with one attached hydrogen (secondary N) is 1. The van der Waals surface area contributed by atoms with Crippen LogP contribution in [0.25, 0.3) is 22.3 Å². The van der Waals surface area contributed by atoms with Crippen LogP contribution in [0.1, 0.15) is 67.4 Å². The SMILES string of the molecule is Cc1nc2ccc(-c3cc(C4CC4)cc(Nc4cc(C#N)ccn4)n3)cc2n1[C@H]1CC[C@H](O)CC1. The van der Waals surface area contributed by atoms with Crippen molar-refractivity contribution in [3.05, 3.63) is 65.6 Å². The van der Waals surface area contributed by atoms with Crippen LogP contribution in [0.15, 0.2) is 48.7 Å². The number of benzene rings is 1. The average molecular weight is 465 g/mol. The number of imidazole rings is 1. The number of aliphatic hydroxyl groups is 1. The molecule has 0 bridgehead atoms. The Morgan fingerprint density at radius 1 is 0.971 bits per heavy atom. The number of pyridine rings is 2. The summed E-state index contributed by atoms with van der Waals surface area (Å²) in [7, 11) is 0. The molecule has 3 heterocycles. The van der Waals surface area contributed by atoms with Crippen molar-refractivity contribution < 1.29 is 5.11 Å². The molecule has 2 fully saturated rings. The van der Waals surface area contributed by atoms with Gasteiger partial charge in [0.1, 0.15) is 17.5 Å². The fraction of sp³-hybridized carbons (Fsp3) is 0.357. The molecule has 4 aromatic rings. The van der Waals surface area contributed by atoms with Crippen molar-refractivity contribution in [2.45, 2.75) is 63.5 Å². The summed E-state index contributed by atoms with van der Waals surface area (Å²) < 4.78 is 2.35. The molecule has 0 radical (unpaired) electrons. The third kappa shape index (κ3) is 4.38. The topological polar surface area (TPSA) is 99.7 Å². The predicted octanol–water partition coefficient (Wildman–Crippen LogP) is 5.77. The van der Waals surface area contributed by atoms with Crippen molar-refractivity contribution in [3.63, 3.8) is 0 Å². The summed E-state index contributed by atoms with van der Waals surface area (Å²) in [5, 5.41) is 22.5. The highest BCUT2D eigenvalue weighted by Gasteiger charge is 2.26. The summed E-state index contributed by atoms with van der Waals surface area (Å²) in [4.78, 5) is 14.1. The van der Waals surface area contributed by atoms with Gasteiger partial charge in [-0.15, -0.1) is 0 Å². The zero-order valence-corrected chi connectivity index (χ0v) is 19.8. The highest BCUT2D eigenvalue weighted by molar-refractivity contribution is 5.82. The first-order valence-electron chi connectivity index (χ1n) is 12.4. The minimum Gasteiger partial charge on any atom is -0.393 e. The van der Waals surface area contributed by atoms with Gasteiger partial charge in [0, 0.05) is 17.8 Å². The van der Waals surface area contributed by atoms with Crippen LogP contribution < -0.4 is 5.32 Å². The molecule has 3 aromatic heterocycles. The van der Waals surface area contributed by atoms with Gasteiger partial charge in [-0.25, -0.2) is 15.0 Å². The number of hydrogen-bond acceptors (Lipinski definition) is 6. The number of hydrogen-bond donors (Lipinski definition) is 2. The minimum atomic E-state index is -0.180. The Morgan fingerprint density at radius 3 is 2.57 bits per heavy atom. The quantitative estimate of drug-likeness (QED) is 0.389. The van der Waals surface area contributed by atoms with Gasteiger partial charge in [-0.2, -0.15) is 5.26 Å². The second kappa shape index (κ2) is 8.79. The Labute approximate surface area is 204 Å². The first-order chi connectivity index (χ1) is 17.1. The molecule has 0 aliphatic heterocycles. The van der Waals surface area contributed by atoms with Gasteiger partial charge in [-0.1, -0.05) is 6.07 Å². The summed E-state index contributed by atoms with van der Waals surface area (Å²) in [6, 6.07) is 16.6. The molecule has 0 saturated heterocycles. The highest BCUT2D eigenvalue weighted by Crippen LogP contribution is 2.42. The summed E-state index contributed by atoms with van der Waals surface area (Å²) in [5.74, 6) is 2.93. The molecule has 2 aliphatic rings. The molecule has 35 heavy (non-hydrogen) atoms. The Kier molecular flexibility index (Phi) is 5.46. The van der Waals surface area contributed by atoms with Crippen LogP contribution in [0.4, 0.5) is 11.6 Å². The summed E-state index contributed by atoms with van der Waals surface area (Å²) in [5.41, 5.74) is 5.92. The number of fused-ring (bicyclic) bond motifs is 1. The standard InChI is InChI=1S/C28H28N6O/c1-17-31-24-9-4-20(14-26(24)34(17)22-5-7-23(35)8-6-22)25-13-21(19-2-3-19)15-28(32-25)33-27-12-18(16-29)10-11-30-27/h4,9-15,19,22-23,35H,2-3,5-8H2,1H3,(H,30,32,33)/t22-,23-. The second-order valence-corrected chi connectivity index (χ2v) is 9.81. The van der Waals surface area contributed by atoms with Crippen LogP contribution in [0.2, 0.25) is 0 Å². The average Bonchev–Trinajstić information content (AvgIpc) is 3.67. The maximum Gasteiger partial charge on any atom is 0.132 e. The van der Waals surface area contributed by atoms with E-state index in [1.165, 1.54) is 18.4 Å². The van der Waals surface area contributed by atoms with Crippen LogP contribution in [-0.4, -0.2) is 30.7 Å². The summed E-state index contributed by atoms with van der Waals surface area (Å²) >= 11 is 0. The lowest BCUT2D eigenvalue weighted by molar-refractivity contribution is 0.111. The Balaban J connectivity index is 1.39. The van der Waals surface area contributed by atoms with Crippen LogP contribution in [-0.2, 0) is 0 Å². The number of nitrogens with zero attached hydrogens (tertiary/aromatic N) is 5. The van der Waals surface area contributed by atoms with Crippen molar-refractivity contribution >= 4 is 22.7 Å². The molecular weight excluding hydrogens is 436 g/mol. The van der Waals surface area contributed by atoms with Gasteiger partial charge in [0.2, 0.25) is 0 Å². The molecule has 2 N–H and O–H groups in total. The molecular formula is C28H28N6O. The molecule has 1 aromatic carbocycles. The van der Waals surface area contributed by atoms with Crippen LogP contribution >= 0.6 is 0 Å². The molecule has 7 nitrogen and oxygen atoms in total. The third-order valence-electron chi connectivity index (χ3n) is 7.23. The third-order valence-corrected chi connectivity index (χ3v) is 7.23. The van der Waals surface area contributed by atoms with Gasteiger partial charge in [0.05, 0.1) is 34.5 Å². The van der Waals surface area contributed by atoms with Crippen molar-refractivity contribution in [2.24, 2.45) is 0 Å². The van der Waals surface area contributed by atoms with E-state index in [-0.39, 0.29) is 6.10 Å². The highest BCUT2D eigenvalue weighted by atomic mass is 16.3. The van der Waals surface area contributed by atoms with E-state index in [0.29, 0.717) is 23.3 Å². The molecule has 0 amide bonds. The minimum absolute atomic E-state index is 0.180. The molecule has 0 unspecified atom stereocenters. The van der Waals surface area contributed by atoms with Crippen LogP contribution in [0.5, 0.6) is 0 Å². The zero-order chi connectivity index (χ0) is 23.9. The van der Waals surface area contributed by atoms with E-state index in [1.807, 2.05) is 0 Å². The van der Waals surface area contributed by atoms with E-state index in [9.17, 15) is 10.4 Å². The van der Waals surface area contributed by atoms with Gasteiger partial charge in [-0.3, -0.25) is 0 Å². The number of aromatic nitrogens is 4. The first-order valence-corrected chi connectivity index (χ1v) is 12.4. The number of nitriles is 1. The van der Waals surface area contributed by atoms with Crippen LogP contribution in [0.3, 0.4) is 0 Å². The van der Waals surface area contributed by atoms with Crippen LogP contribution in [0, 0.1) is 18.3 Å². The lowest BCUT2D eigenvalue weighted by atomic mass is 9.92. The van der Waals surface area contributed by atoms with E-state index in [0.717, 1.165) is 59.6 Å². The number of aliphatic hydroxyl groups excluding tert-OH is 1. The monoisotopic (exact) mass is 464 g/mol. The molecule has 176 valence electrons. The Hall–Kier alpha value is -3.76. The van der Waals surface area contributed by atoms with Crippen molar-refractivity contribution in [1.29, 1.82) is 5.26 Å². The van der Waals surface area contributed by atoms with Gasteiger partial charge in [-0.05, 0) is 93.3 Å². The van der Waals surface area contributed by atoms with Crippen molar-refractivity contribution in [2.75, 3.05) is 5.32 Å². The van der Waals surface area contributed by atoms with Gasteiger partial charge in [0.25, 0.3) is 0 Å². The van der Waals surface area contributed by atoms with Gasteiger partial charge < -0.3 is 15.0 Å². The van der Waals surface area contributed by atoms with Crippen molar-refractivity contribution in [3.8, 4) is 17.3 Å². The normalized spacial score (nSPS) is 20.0. The Morgan fingerprint density at radius 2 is 1.80 bits per heavy atom. The fourth-order valence-electron chi connectivity index (χ4n) is 5.27. The number of aryl methyl sites for hydroxylation is 1. The fourth-order valence-corrected chi connectivity index (χ4v) is 5.27. The predicted molar refractivity (Wildman–Crippen MR) is 135 cm³/mol. The lowest BCUT2D eigenvalue weighted by Crippen LogP contribution is -2.21. The molecule has 2 saturated carbocycles. The largest absolute Gasteiger partial charge is 0.393 e. The molecule has 7 heteroatoms. The first kappa shape index (κ1) is 21.8. The summed E-state index contributed by atoms with van der Waals surface area (Å²) in [6.45, 7) is 2.07. The van der Waals surface area contributed by atoms with Gasteiger partial charge >= 0.3 is 0 Å². The smallest absolute Gasteiger partial charge is 0.132 e. The Bertz CT molecular complexity index is 1440. The maximum absolute atomic E-state index is 9.98. The number of anilines is 2. The number of rotatable bonds is 5. The van der Waals surface area contributed by atoms with E-state index in [4.69, 9.17) is 9.97 Å². The molecule has 0 atom stereocenters. The zero-order valence-electron chi connectivity index (χ0n) is 19.8. The van der Waals surface area contributed by atoms with E-state index in [1.54, 1.807) is 18.3 Å². The van der Waals surface area contributed by atoms with Gasteiger partial charge in [0.15, 0.2) is 0 Å². The van der Waals surface area contributed by atoms with E-state index in [2.05, 4.69) is 58.2 Å². The lowest BCUT2D eigenvalue weighted by Gasteiger charge is -2.28. The second-order valence-electron chi connectivity index (χ2n) is 9.81. The summed E-state index contributed by atoms with van der Waals surface area (Å²) in [6.07, 6.45) is 7.46. The molecule has 6 rings (SSSR count). The van der Waals surface area contributed by atoms with Crippen molar-refractivity contribution in [1.82, 2.24) is 19.5 Å². The maximum atomic E-state index is 9.98.